The molecule has 0 fully saturated rings. The first-order valence-electron chi connectivity index (χ1n) is 11.5. The summed E-state index contributed by atoms with van der Waals surface area (Å²) in [5.74, 6) is 0.870. The molecule has 1 aliphatic carbocycles. The Bertz CT molecular complexity index is 1150. The van der Waals surface area contributed by atoms with Crippen LogP contribution < -0.4 is 0 Å². The first kappa shape index (κ1) is 23.5. The van der Waals surface area contributed by atoms with Gasteiger partial charge < -0.3 is 14.7 Å². The topological polar surface area (TPSA) is 70.1 Å². The van der Waals surface area contributed by atoms with Crippen LogP contribution in [0.15, 0.2) is 89.9 Å². The maximum absolute atomic E-state index is 13.0. The molecule has 1 unspecified atom stereocenters. The predicted octanol–water partition coefficient (Wildman–Crippen LogP) is 5.31. The molecule has 2 aromatic rings. The van der Waals surface area contributed by atoms with Crippen LogP contribution in [0.25, 0.3) is 5.57 Å². The number of rotatable bonds is 7. The van der Waals surface area contributed by atoms with Gasteiger partial charge in [0.25, 0.3) is 0 Å². The Balaban J connectivity index is 1.82. The van der Waals surface area contributed by atoms with Crippen LogP contribution >= 0.6 is 0 Å². The number of carboxylic acid groups (broad SMARTS) is 1. The van der Waals surface area contributed by atoms with Gasteiger partial charge in [-0.15, -0.1) is 0 Å². The average molecular weight is 459 g/mol. The molecular formula is C28H30N2O4. The molecule has 0 radical (unpaired) electrons. The van der Waals surface area contributed by atoms with Gasteiger partial charge in [-0.1, -0.05) is 74.5 Å². The lowest BCUT2D eigenvalue weighted by atomic mass is 9.82. The number of ether oxygens (including phenoxy) is 1. The van der Waals surface area contributed by atoms with Crippen molar-refractivity contribution < 1.29 is 19.4 Å². The highest BCUT2D eigenvalue weighted by molar-refractivity contribution is 5.97. The van der Waals surface area contributed by atoms with Crippen molar-refractivity contribution in [3.8, 4) is 0 Å². The van der Waals surface area contributed by atoms with E-state index in [1.165, 1.54) is 4.90 Å². The van der Waals surface area contributed by atoms with Gasteiger partial charge in [0.15, 0.2) is 5.78 Å². The molecule has 1 heterocycles. The highest BCUT2D eigenvalue weighted by atomic mass is 16.5. The van der Waals surface area contributed by atoms with Gasteiger partial charge in [0, 0.05) is 31.8 Å². The average Bonchev–Trinajstić information content (AvgIpc) is 2.82. The lowest BCUT2D eigenvalue weighted by Crippen LogP contribution is -2.39. The van der Waals surface area contributed by atoms with Gasteiger partial charge >= 0.3 is 6.09 Å². The van der Waals surface area contributed by atoms with Crippen LogP contribution in [-0.2, 0) is 16.1 Å². The summed E-state index contributed by atoms with van der Waals surface area (Å²) in [6.45, 7) is 5.13. The van der Waals surface area contributed by atoms with Crippen LogP contribution in [0.1, 0.15) is 31.4 Å². The summed E-state index contributed by atoms with van der Waals surface area (Å²) in [6.07, 6.45) is 2.28. The van der Waals surface area contributed by atoms with E-state index < -0.39 is 12.2 Å². The number of allylic oxidation sites excluding steroid dienone is 3. The zero-order valence-corrected chi connectivity index (χ0v) is 19.8. The van der Waals surface area contributed by atoms with E-state index in [0.29, 0.717) is 19.0 Å². The Morgan fingerprint density at radius 3 is 2.38 bits per heavy atom. The summed E-state index contributed by atoms with van der Waals surface area (Å²) in [7, 11) is 1.56. The summed E-state index contributed by atoms with van der Waals surface area (Å²) >= 11 is 0. The van der Waals surface area contributed by atoms with E-state index in [0.717, 1.165) is 27.8 Å². The van der Waals surface area contributed by atoms with Crippen LogP contribution in [0.4, 0.5) is 4.79 Å². The number of amides is 1. The lowest BCUT2D eigenvalue weighted by Gasteiger charge is -2.39. The summed E-state index contributed by atoms with van der Waals surface area (Å²) in [4.78, 5) is 28.3. The number of hydrogen-bond donors (Lipinski definition) is 1. The van der Waals surface area contributed by atoms with E-state index in [1.54, 1.807) is 7.05 Å². The first-order chi connectivity index (χ1) is 16.3. The van der Waals surface area contributed by atoms with E-state index >= 15 is 0 Å². The molecule has 0 saturated carbocycles. The molecule has 6 nitrogen and oxygen atoms in total. The molecule has 176 valence electrons. The van der Waals surface area contributed by atoms with Crippen molar-refractivity contribution >= 4 is 17.4 Å². The fraction of sp³-hybridized carbons (Fsp3) is 0.286. The van der Waals surface area contributed by atoms with E-state index in [2.05, 4.69) is 13.8 Å². The first-order valence-corrected chi connectivity index (χ1v) is 11.5. The number of carbonyl (C=O) groups is 2. The molecule has 1 aliphatic heterocycles. The van der Waals surface area contributed by atoms with Crippen molar-refractivity contribution in [3.63, 3.8) is 0 Å². The Morgan fingerprint density at radius 1 is 1.12 bits per heavy atom. The highest BCUT2D eigenvalue weighted by Gasteiger charge is 2.36. The van der Waals surface area contributed by atoms with Gasteiger partial charge in [-0.25, -0.2) is 4.79 Å². The number of carbonyl (C=O) groups excluding carboxylic acids is 1. The summed E-state index contributed by atoms with van der Waals surface area (Å²) < 4.78 is 6.03. The van der Waals surface area contributed by atoms with E-state index in [4.69, 9.17) is 4.74 Å². The molecule has 34 heavy (non-hydrogen) atoms. The van der Waals surface area contributed by atoms with Gasteiger partial charge in [-0.2, -0.15) is 0 Å². The van der Waals surface area contributed by atoms with Crippen molar-refractivity contribution in [2.45, 2.75) is 33.0 Å². The predicted molar refractivity (Wildman–Crippen MR) is 132 cm³/mol. The Morgan fingerprint density at radius 2 is 1.76 bits per heavy atom. The summed E-state index contributed by atoms with van der Waals surface area (Å²) in [5, 5.41) is 9.90. The van der Waals surface area contributed by atoms with Crippen LogP contribution in [-0.4, -0.2) is 46.5 Å². The van der Waals surface area contributed by atoms with Crippen LogP contribution in [0.3, 0.4) is 0 Å². The SMILES string of the molecule is CC(C)CN1C=C2CC(=O)C(OCc3ccccc3)C=C2C(c2ccccc2)=C1N(C)C(=O)O. The molecule has 0 bridgehead atoms. The van der Waals surface area contributed by atoms with Gasteiger partial charge in [-0.05, 0) is 34.3 Å². The fourth-order valence-corrected chi connectivity index (χ4v) is 4.38. The van der Waals surface area contributed by atoms with Crippen molar-refractivity contribution in [3.05, 3.63) is 101 Å². The van der Waals surface area contributed by atoms with E-state index in [-0.39, 0.29) is 18.1 Å². The summed E-state index contributed by atoms with van der Waals surface area (Å²) in [6, 6.07) is 19.5. The number of hydrogen-bond acceptors (Lipinski definition) is 4. The maximum atomic E-state index is 13.0. The van der Waals surface area contributed by atoms with Crippen molar-refractivity contribution in [1.82, 2.24) is 9.80 Å². The van der Waals surface area contributed by atoms with Crippen molar-refractivity contribution in [1.29, 1.82) is 0 Å². The third-order valence-corrected chi connectivity index (χ3v) is 5.92. The highest BCUT2D eigenvalue weighted by Crippen LogP contribution is 2.42. The number of ketones is 1. The molecule has 2 aliphatic rings. The third kappa shape index (κ3) is 4.97. The van der Waals surface area contributed by atoms with E-state index in [9.17, 15) is 14.7 Å². The number of benzene rings is 2. The molecule has 0 saturated heterocycles. The molecule has 6 heteroatoms. The van der Waals surface area contributed by atoms with Gasteiger partial charge in [-0.3, -0.25) is 9.69 Å². The quantitative estimate of drug-likeness (QED) is 0.609. The van der Waals surface area contributed by atoms with Crippen LogP contribution in [0, 0.1) is 5.92 Å². The molecule has 1 N–H and O–H groups in total. The van der Waals surface area contributed by atoms with Gasteiger partial charge in [0.1, 0.15) is 11.9 Å². The molecule has 0 spiro atoms. The second-order valence-electron chi connectivity index (χ2n) is 9.05. The Labute approximate surface area is 200 Å². The van der Waals surface area contributed by atoms with E-state index in [1.807, 2.05) is 77.8 Å². The molecule has 1 atom stereocenters. The normalized spacial score (nSPS) is 17.9. The minimum atomic E-state index is -1.04. The van der Waals surface area contributed by atoms with Gasteiger partial charge in [0.05, 0.1) is 6.61 Å². The molecule has 4 rings (SSSR count). The van der Waals surface area contributed by atoms with Crippen molar-refractivity contribution in [2.75, 3.05) is 13.6 Å². The zero-order valence-electron chi connectivity index (χ0n) is 19.8. The number of fused-ring (bicyclic) bond motifs is 1. The molecule has 0 aromatic heterocycles. The van der Waals surface area contributed by atoms with Crippen LogP contribution in [0.2, 0.25) is 0 Å². The molecule has 2 aromatic carbocycles. The number of Topliss-reactive ketones (excluding diaryl/α,β-unsaturated/α-hetero) is 1. The second-order valence-corrected chi connectivity index (χ2v) is 9.05. The van der Waals surface area contributed by atoms with Crippen LogP contribution in [0.5, 0.6) is 0 Å². The lowest BCUT2D eigenvalue weighted by molar-refractivity contribution is -0.128. The third-order valence-electron chi connectivity index (χ3n) is 5.92. The van der Waals surface area contributed by atoms with Crippen molar-refractivity contribution in [2.24, 2.45) is 5.92 Å². The largest absolute Gasteiger partial charge is 0.465 e. The maximum Gasteiger partial charge on any atom is 0.412 e. The second kappa shape index (κ2) is 10.1. The Hall–Kier alpha value is -3.64. The zero-order chi connectivity index (χ0) is 24.2. The molecule has 1 amide bonds. The summed E-state index contributed by atoms with van der Waals surface area (Å²) in [5.41, 5.74) is 4.42. The standard InChI is InChI=1S/C28H30N2O4/c1-19(2)16-30-17-22-14-24(31)25(34-18-20-10-6-4-7-11-20)15-23(22)26(21-12-8-5-9-13-21)27(30)29(3)28(32)33/h4-13,15,17,19,25H,14,16,18H2,1-3H3,(H,32,33). The number of nitrogens with zero attached hydrogens (tertiary/aromatic N) is 2. The monoisotopic (exact) mass is 458 g/mol. The smallest absolute Gasteiger partial charge is 0.412 e. The van der Waals surface area contributed by atoms with Gasteiger partial charge in [0.2, 0.25) is 0 Å². The minimum absolute atomic E-state index is 0.00196. The minimum Gasteiger partial charge on any atom is -0.465 e. The fourth-order valence-electron chi connectivity index (χ4n) is 4.38. The Kier molecular flexibility index (Phi) is 6.98. The molecular weight excluding hydrogens is 428 g/mol.